The molecule has 0 aliphatic rings. The Kier molecular flexibility index (Phi) is 14.3. The summed E-state index contributed by atoms with van der Waals surface area (Å²) < 4.78 is 3.34. The number of halogens is 1. The van der Waals surface area contributed by atoms with E-state index >= 15 is 0 Å². The molecule has 9 aromatic carbocycles. The minimum absolute atomic E-state index is 0. The molecule has 292 valence electrons. The number of fused-ring (bicyclic) bond motifs is 4. The molecule has 0 aromatic heterocycles. The third-order valence-corrected chi connectivity index (χ3v) is 10.6. The molecule has 1 nitrogen and oxygen atoms in total. The molecular weight excluding hydrogens is 803 g/mol. The summed E-state index contributed by atoms with van der Waals surface area (Å²) >= 11 is 1.30. The summed E-state index contributed by atoms with van der Waals surface area (Å²) in [4.78, 5) is 0. The third kappa shape index (κ3) is 9.86. The van der Waals surface area contributed by atoms with Crippen LogP contribution in [0.15, 0.2) is 164 Å². The van der Waals surface area contributed by atoms with Gasteiger partial charge in [-0.05, 0) is 49.1 Å². The minimum atomic E-state index is -0.0711. The van der Waals surface area contributed by atoms with Crippen molar-refractivity contribution in [3.05, 3.63) is 186 Å². The van der Waals surface area contributed by atoms with E-state index in [1.165, 1.54) is 106 Å². The van der Waals surface area contributed by atoms with Crippen molar-refractivity contribution in [2.24, 2.45) is 0 Å². The largest absolute Gasteiger partial charge is 1.00 e. The van der Waals surface area contributed by atoms with Gasteiger partial charge in [-0.1, -0.05) is 187 Å². The molecule has 0 aliphatic heterocycles. The fourth-order valence-electron chi connectivity index (χ4n) is 7.74. The Balaban J connectivity index is 0.000000163. The van der Waals surface area contributed by atoms with Crippen LogP contribution in [0.1, 0.15) is 63.8 Å². The van der Waals surface area contributed by atoms with Crippen molar-refractivity contribution in [3.63, 3.8) is 0 Å². The smallest absolute Gasteiger partial charge is 1.00 e. The Labute approximate surface area is 366 Å². The Hall–Kier alpha value is -4.88. The van der Waals surface area contributed by atoms with Crippen molar-refractivity contribution < 1.29 is 41.7 Å². The second-order valence-corrected chi connectivity index (χ2v) is 16.9. The van der Waals surface area contributed by atoms with Crippen molar-refractivity contribution in [1.29, 1.82) is 0 Å². The van der Waals surface area contributed by atoms with Gasteiger partial charge in [0.05, 0.1) is 0 Å². The molecule has 0 heterocycles. The first-order valence-corrected chi connectivity index (χ1v) is 21.5. The first-order chi connectivity index (χ1) is 27.3. The van der Waals surface area contributed by atoms with Crippen LogP contribution in [0.3, 0.4) is 0 Å². The number of rotatable bonds is 2. The van der Waals surface area contributed by atoms with Crippen LogP contribution >= 0.6 is 0 Å². The van der Waals surface area contributed by atoms with Crippen LogP contribution < -0.4 is 17.5 Å². The van der Waals surface area contributed by atoms with Gasteiger partial charge in [0, 0.05) is 0 Å². The molecule has 0 saturated carbocycles. The van der Waals surface area contributed by atoms with E-state index < -0.39 is 0 Å². The van der Waals surface area contributed by atoms with Crippen molar-refractivity contribution in [2.45, 2.75) is 66.2 Å². The summed E-state index contributed by atoms with van der Waals surface area (Å²) in [5.74, 6) is 0.149. The number of benzene rings is 7. The molecule has 0 spiro atoms. The molecule has 0 saturated heterocycles. The van der Waals surface area contributed by atoms with E-state index in [0.29, 0.717) is 0 Å². The predicted molar refractivity (Wildman–Crippen MR) is 245 cm³/mol. The molecule has 58 heavy (non-hydrogen) atoms. The summed E-state index contributed by atoms with van der Waals surface area (Å²) in [5.41, 5.74) is 10.1. The molecule has 0 bridgehead atoms. The Bertz CT molecular complexity index is 2620. The second-order valence-electron chi connectivity index (χ2n) is 16.9. The van der Waals surface area contributed by atoms with Crippen LogP contribution in [0.25, 0.3) is 65.3 Å². The molecule has 0 amide bonds. The van der Waals surface area contributed by atoms with E-state index in [1.807, 2.05) is 6.07 Å². The van der Waals surface area contributed by atoms with Crippen LogP contribution in [0.2, 0.25) is 0 Å². The van der Waals surface area contributed by atoms with Gasteiger partial charge in [-0.25, -0.2) is 0 Å². The first-order valence-electron chi connectivity index (χ1n) is 19.7. The maximum atomic E-state index is 11.7. The average Bonchev–Trinajstić information content (AvgIpc) is 3.79. The number of hydrogen-bond donors (Lipinski definition) is 0. The molecule has 0 atom stereocenters. The fraction of sp³-hybridized carbons (Fsp3) is 0.182. The molecule has 9 rings (SSSR count). The van der Waals surface area contributed by atoms with Gasteiger partial charge in [0.2, 0.25) is 0 Å². The monoisotopic (exact) mass is 854 g/mol. The van der Waals surface area contributed by atoms with Crippen LogP contribution in [0.5, 0.6) is 5.75 Å². The van der Waals surface area contributed by atoms with Gasteiger partial charge in [0.15, 0.2) is 0 Å². The molecular formula is C55H53ClOZr-2. The zero-order valence-corrected chi connectivity index (χ0v) is 38.3. The molecule has 0 N–H and O–H groups in total. The number of aryl methyl sites for hydroxylation is 2. The Morgan fingerprint density at radius 2 is 0.828 bits per heavy atom. The predicted octanol–water partition coefficient (Wildman–Crippen LogP) is 11.7. The maximum Gasteiger partial charge on any atom is -1.00 e. The topological polar surface area (TPSA) is 23.1 Å². The average molecular weight is 857 g/mol. The zero-order valence-electron chi connectivity index (χ0n) is 35.1. The maximum absolute atomic E-state index is 11.7. The van der Waals surface area contributed by atoms with Crippen LogP contribution in [-0.4, -0.2) is 4.21 Å². The van der Waals surface area contributed by atoms with E-state index in [4.69, 9.17) is 0 Å². The molecule has 0 fully saturated rings. The number of hydrogen-bond acceptors (Lipinski definition) is 1. The van der Waals surface area contributed by atoms with E-state index in [-0.39, 0.29) is 29.0 Å². The van der Waals surface area contributed by atoms with Crippen molar-refractivity contribution in [1.82, 2.24) is 0 Å². The SMILES string of the molecule is CC(C)(C)c1ccc([O-])c(C(C)(C)C)c1.Cc1cc2c(-c3cccc4ccccc34)cccc2[cH-]1.Cc1cc2c(-c3cccc4ccccc34)cccc2[cH-]1.[CH2]=[Zr+2].[Cl-]. The van der Waals surface area contributed by atoms with Gasteiger partial charge in [0.1, 0.15) is 0 Å². The summed E-state index contributed by atoms with van der Waals surface area (Å²) in [5, 5.41) is 22.3. The van der Waals surface area contributed by atoms with Crippen LogP contribution in [0.4, 0.5) is 0 Å². The van der Waals surface area contributed by atoms with Crippen molar-refractivity contribution in [2.75, 3.05) is 0 Å². The molecule has 0 aliphatic carbocycles. The third-order valence-electron chi connectivity index (χ3n) is 10.6. The summed E-state index contributed by atoms with van der Waals surface area (Å²) in [6, 6.07) is 58.2. The zero-order chi connectivity index (χ0) is 40.9. The quantitative estimate of drug-likeness (QED) is 0.159. The molecule has 3 heteroatoms. The van der Waals surface area contributed by atoms with Gasteiger partial charge in [-0.15, -0.1) is 74.8 Å². The van der Waals surface area contributed by atoms with Crippen molar-refractivity contribution in [3.8, 4) is 28.0 Å². The minimum Gasteiger partial charge on any atom is -1.00 e. The second kappa shape index (κ2) is 18.8. The van der Waals surface area contributed by atoms with E-state index in [9.17, 15) is 5.11 Å². The Morgan fingerprint density at radius 3 is 1.24 bits per heavy atom. The normalized spacial score (nSPS) is 11.2. The molecule has 9 aromatic rings. The molecule has 0 unspecified atom stereocenters. The summed E-state index contributed by atoms with van der Waals surface area (Å²) in [6.07, 6.45) is 0. The van der Waals surface area contributed by atoms with Gasteiger partial charge in [0.25, 0.3) is 0 Å². The van der Waals surface area contributed by atoms with E-state index in [1.54, 1.807) is 6.07 Å². The van der Waals surface area contributed by atoms with Gasteiger partial charge >= 0.3 is 28.4 Å². The summed E-state index contributed by atoms with van der Waals surface area (Å²) in [6.45, 7) is 17.1. The van der Waals surface area contributed by atoms with Crippen molar-refractivity contribution >= 4 is 47.3 Å². The van der Waals surface area contributed by atoms with Gasteiger partial charge < -0.3 is 17.5 Å². The van der Waals surface area contributed by atoms with Gasteiger partial charge in [-0.3, -0.25) is 0 Å². The summed E-state index contributed by atoms with van der Waals surface area (Å²) in [7, 11) is 0. The van der Waals surface area contributed by atoms with Crippen LogP contribution in [0, 0.1) is 13.8 Å². The standard InChI is InChI=1S/2C20H15.C14H22O.CH2.ClH.Zr/c2*1-14-12-16-8-5-11-19(20(16)13-14)18-10-4-7-15-6-2-3-9-17(15)18;1-13(2,3)10-7-8-12(15)11(9-10)14(4,5)6;;;/h2*2-13H,1H3;7-9,15H,1-6H3;1H2;1H;/q2*-1;;;;+2/p-2. The first kappa shape index (κ1) is 44.2. The fourth-order valence-corrected chi connectivity index (χ4v) is 7.74. The Morgan fingerprint density at radius 1 is 0.448 bits per heavy atom. The van der Waals surface area contributed by atoms with Gasteiger partial charge in [-0.2, -0.15) is 12.1 Å². The van der Waals surface area contributed by atoms with E-state index in [0.717, 1.165) is 5.56 Å². The molecule has 0 radical (unpaired) electrons. The van der Waals surface area contributed by atoms with E-state index in [2.05, 4.69) is 211 Å². The van der Waals surface area contributed by atoms with Crippen LogP contribution in [-0.2, 0) is 35.1 Å².